The fraction of sp³-hybridized carbons (Fsp3) is 0.385. The molecule has 3 aromatic rings. The van der Waals surface area contributed by atoms with Crippen molar-refractivity contribution < 1.29 is 4.74 Å². The van der Waals surface area contributed by atoms with E-state index in [0.717, 1.165) is 61.5 Å². The van der Waals surface area contributed by atoms with Crippen molar-refractivity contribution >= 4 is 0 Å². The molecule has 1 fully saturated rings. The maximum absolute atomic E-state index is 5.82. The lowest BCUT2D eigenvalue weighted by molar-refractivity contribution is 0.00370. The Labute approximate surface area is 185 Å². The Morgan fingerprint density at radius 1 is 1.16 bits per heavy atom. The second kappa shape index (κ2) is 10.4. The molecule has 4 rings (SSSR count). The van der Waals surface area contributed by atoms with Gasteiger partial charge in [0, 0.05) is 24.3 Å². The van der Waals surface area contributed by atoms with Crippen LogP contribution >= 0.6 is 0 Å². The molecule has 0 N–H and O–H groups in total. The minimum absolute atomic E-state index is 0.252. The maximum atomic E-state index is 5.82. The molecule has 1 aromatic heterocycles. The summed E-state index contributed by atoms with van der Waals surface area (Å²) in [5.41, 5.74) is 5.48. The number of aryl methyl sites for hydroxylation is 1. The summed E-state index contributed by atoms with van der Waals surface area (Å²) < 4.78 is 7.72. The van der Waals surface area contributed by atoms with Crippen LogP contribution in [0.25, 0.3) is 11.3 Å². The predicted octanol–water partition coefficient (Wildman–Crippen LogP) is 4.31. The monoisotopic (exact) mass is 414 g/mol. The fourth-order valence-electron chi connectivity index (χ4n) is 3.93. The van der Waals surface area contributed by atoms with E-state index in [4.69, 9.17) is 4.74 Å². The molecule has 160 valence electrons. The highest BCUT2D eigenvalue weighted by Crippen LogP contribution is 2.22. The molecule has 0 unspecified atom stereocenters. The quantitative estimate of drug-likeness (QED) is 0.564. The topological polar surface area (TPSA) is 43.2 Å². The minimum atomic E-state index is 0.252. The average Bonchev–Trinajstić information content (AvgIpc) is 3.23. The van der Waals surface area contributed by atoms with Gasteiger partial charge in [-0.25, -0.2) is 4.68 Å². The van der Waals surface area contributed by atoms with Gasteiger partial charge in [-0.2, -0.15) is 0 Å². The summed E-state index contributed by atoms with van der Waals surface area (Å²) in [7, 11) is 2.09. The third-order valence-electron chi connectivity index (χ3n) is 5.58. The average molecular weight is 415 g/mol. The summed E-state index contributed by atoms with van der Waals surface area (Å²) in [5, 5.41) is 8.69. The van der Waals surface area contributed by atoms with Crippen LogP contribution in [0.1, 0.15) is 36.0 Å². The van der Waals surface area contributed by atoms with Gasteiger partial charge in [-0.15, -0.1) is 5.10 Å². The summed E-state index contributed by atoms with van der Waals surface area (Å²) in [4.78, 5) is 2.22. The van der Waals surface area contributed by atoms with Gasteiger partial charge in [0.25, 0.3) is 0 Å². The molecule has 0 radical (unpaired) electrons. The lowest BCUT2D eigenvalue weighted by Crippen LogP contribution is -2.24. The van der Waals surface area contributed by atoms with Crippen LogP contribution in [0, 0.1) is 18.8 Å². The standard InChI is InChI=1S/C26H30N4O/c1-21-17-22(11-8-15-29(2)18-23-9-4-3-5-10-23)13-14-25(21)26-20-30(28-27-26)19-24-12-6-7-16-31-24/h3-5,9-10,13-14,17,20,24H,6-7,12,15-16,18-19H2,1-2H3/t24-/m1/s1. The minimum Gasteiger partial charge on any atom is -0.376 e. The van der Waals surface area contributed by atoms with Gasteiger partial charge in [-0.1, -0.05) is 53.5 Å². The predicted molar refractivity (Wildman–Crippen MR) is 123 cm³/mol. The van der Waals surface area contributed by atoms with Crippen molar-refractivity contribution in [1.29, 1.82) is 0 Å². The smallest absolute Gasteiger partial charge is 0.113 e. The molecule has 1 aliphatic rings. The van der Waals surface area contributed by atoms with Crippen LogP contribution < -0.4 is 0 Å². The molecule has 0 bridgehead atoms. The summed E-state index contributed by atoms with van der Waals surface area (Å²) in [5.74, 6) is 6.58. The number of aromatic nitrogens is 3. The summed E-state index contributed by atoms with van der Waals surface area (Å²) in [6, 6.07) is 16.8. The highest BCUT2D eigenvalue weighted by Gasteiger charge is 2.16. The van der Waals surface area contributed by atoms with E-state index in [-0.39, 0.29) is 6.10 Å². The van der Waals surface area contributed by atoms with Gasteiger partial charge >= 0.3 is 0 Å². The van der Waals surface area contributed by atoms with Gasteiger partial charge in [0.05, 0.1) is 25.4 Å². The summed E-state index contributed by atoms with van der Waals surface area (Å²) in [6.45, 7) is 5.36. The van der Waals surface area contributed by atoms with Gasteiger partial charge in [-0.3, -0.25) is 4.90 Å². The highest BCUT2D eigenvalue weighted by molar-refractivity contribution is 5.64. The summed E-state index contributed by atoms with van der Waals surface area (Å²) >= 11 is 0. The molecule has 1 atom stereocenters. The largest absolute Gasteiger partial charge is 0.376 e. The van der Waals surface area contributed by atoms with Crippen LogP contribution in [0.15, 0.2) is 54.7 Å². The van der Waals surface area contributed by atoms with E-state index in [0.29, 0.717) is 0 Å². The molecule has 5 heteroatoms. The lowest BCUT2D eigenvalue weighted by atomic mass is 10.0. The summed E-state index contributed by atoms with van der Waals surface area (Å²) in [6.07, 6.45) is 5.76. The fourth-order valence-corrected chi connectivity index (χ4v) is 3.93. The Morgan fingerprint density at radius 2 is 2.03 bits per heavy atom. The van der Waals surface area contributed by atoms with Crippen molar-refractivity contribution in [3.05, 3.63) is 71.4 Å². The Kier molecular flexibility index (Phi) is 7.14. The van der Waals surface area contributed by atoms with Crippen LogP contribution in [0.3, 0.4) is 0 Å². The molecule has 31 heavy (non-hydrogen) atoms. The van der Waals surface area contributed by atoms with E-state index < -0.39 is 0 Å². The molecule has 5 nitrogen and oxygen atoms in total. The number of nitrogens with zero attached hydrogens (tertiary/aromatic N) is 4. The normalized spacial score (nSPS) is 16.2. The van der Waals surface area contributed by atoms with Gasteiger partial charge in [0.1, 0.15) is 5.69 Å². The molecule has 1 aliphatic heterocycles. The van der Waals surface area contributed by atoms with Gasteiger partial charge in [0.2, 0.25) is 0 Å². The van der Waals surface area contributed by atoms with E-state index in [1.807, 2.05) is 16.9 Å². The molecule has 0 spiro atoms. The first-order valence-corrected chi connectivity index (χ1v) is 11.0. The number of hydrogen-bond donors (Lipinski definition) is 0. The first kappa shape index (κ1) is 21.3. The Bertz CT molecular complexity index is 1040. The Morgan fingerprint density at radius 3 is 2.81 bits per heavy atom. The lowest BCUT2D eigenvalue weighted by Gasteiger charge is -2.21. The van der Waals surface area contributed by atoms with E-state index in [1.54, 1.807) is 0 Å². The maximum Gasteiger partial charge on any atom is 0.113 e. The first-order chi connectivity index (χ1) is 15.2. The van der Waals surface area contributed by atoms with Crippen LogP contribution in [0.5, 0.6) is 0 Å². The molecule has 0 aliphatic carbocycles. The molecular weight excluding hydrogens is 384 g/mol. The first-order valence-electron chi connectivity index (χ1n) is 11.0. The van der Waals surface area contributed by atoms with Crippen LogP contribution in [0.2, 0.25) is 0 Å². The zero-order chi connectivity index (χ0) is 21.5. The molecule has 2 heterocycles. The third kappa shape index (κ3) is 6.04. The number of ether oxygens (including phenoxy) is 1. The van der Waals surface area contributed by atoms with Crippen LogP contribution in [-0.4, -0.2) is 46.2 Å². The third-order valence-corrected chi connectivity index (χ3v) is 5.58. The van der Waals surface area contributed by atoms with Gasteiger partial charge in [0.15, 0.2) is 0 Å². The van der Waals surface area contributed by atoms with Crippen molar-refractivity contribution in [3.8, 4) is 23.1 Å². The Balaban J connectivity index is 1.36. The highest BCUT2D eigenvalue weighted by atomic mass is 16.5. The second-order valence-electron chi connectivity index (χ2n) is 8.30. The van der Waals surface area contributed by atoms with E-state index in [9.17, 15) is 0 Å². The number of hydrogen-bond acceptors (Lipinski definition) is 4. The van der Waals surface area contributed by atoms with E-state index in [2.05, 4.69) is 83.5 Å². The second-order valence-corrected chi connectivity index (χ2v) is 8.30. The SMILES string of the molecule is Cc1cc(C#CCN(C)Cc2ccccc2)ccc1-c1cn(C[C@H]2CCCCO2)nn1. The van der Waals surface area contributed by atoms with Crippen molar-refractivity contribution in [2.24, 2.45) is 0 Å². The molecule has 2 aromatic carbocycles. The zero-order valence-electron chi connectivity index (χ0n) is 18.4. The molecular formula is C26H30N4O. The Hall–Kier alpha value is -2.94. The zero-order valence-corrected chi connectivity index (χ0v) is 18.4. The molecule has 0 amide bonds. The van der Waals surface area contributed by atoms with Crippen molar-refractivity contribution in [3.63, 3.8) is 0 Å². The van der Waals surface area contributed by atoms with Crippen LogP contribution in [0.4, 0.5) is 0 Å². The molecule has 0 saturated carbocycles. The van der Waals surface area contributed by atoms with Crippen molar-refractivity contribution in [1.82, 2.24) is 19.9 Å². The number of benzene rings is 2. The van der Waals surface area contributed by atoms with E-state index in [1.165, 1.54) is 12.0 Å². The van der Waals surface area contributed by atoms with Crippen LogP contribution in [-0.2, 0) is 17.8 Å². The van der Waals surface area contributed by atoms with Gasteiger partial charge in [-0.05, 0) is 56.5 Å². The number of rotatable bonds is 6. The van der Waals surface area contributed by atoms with E-state index >= 15 is 0 Å². The van der Waals surface area contributed by atoms with Crippen molar-refractivity contribution in [2.45, 2.75) is 45.4 Å². The van der Waals surface area contributed by atoms with Crippen molar-refractivity contribution in [2.75, 3.05) is 20.2 Å². The molecule has 1 saturated heterocycles. The van der Waals surface area contributed by atoms with Gasteiger partial charge < -0.3 is 4.74 Å².